The molecule has 3 rings (SSSR count). The van der Waals surface area contributed by atoms with Gasteiger partial charge in [0.05, 0.1) is 19.8 Å². The lowest BCUT2D eigenvalue weighted by Gasteiger charge is -2.37. The number of nitrogens with zero attached hydrogens (tertiary/aromatic N) is 5. The van der Waals surface area contributed by atoms with Crippen LogP contribution in [0.25, 0.3) is 5.82 Å². The van der Waals surface area contributed by atoms with Crippen molar-refractivity contribution in [3.8, 4) is 5.82 Å². The highest BCUT2D eigenvalue weighted by Gasteiger charge is 2.23. The highest BCUT2D eigenvalue weighted by molar-refractivity contribution is 5.79. The molecule has 2 aromatic heterocycles. The van der Waals surface area contributed by atoms with E-state index in [-0.39, 0.29) is 0 Å². The average Bonchev–Trinajstić information content (AvgIpc) is 3.28. The van der Waals surface area contributed by atoms with Crippen LogP contribution in [0, 0.1) is 5.92 Å². The van der Waals surface area contributed by atoms with Gasteiger partial charge in [-0.05, 0) is 36.6 Å². The van der Waals surface area contributed by atoms with Gasteiger partial charge in [-0.1, -0.05) is 13.8 Å². The normalized spacial score (nSPS) is 16.8. The molecule has 8 nitrogen and oxygen atoms in total. The first kappa shape index (κ1) is 21.3. The molecule has 1 aliphatic rings. The molecule has 8 heteroatoms. The van der Waals surface area contributed by atoms with E-state index in [2.05, 4.69) is 46.4 Å². The number of pyridine rings is 1. The van der Waals surface area contributed by atoms with Gasteiger partial charge in [0.2, 0.25) is 0 Å². The third-order valence-corrected chi connectivity index (χ3v) is 5.08. The van der Waals surface area contributed by atoms with Crippen LogP contribution in [0.2, 0.25) is 0 Å². The number of ether oxygens (including phenoxy) is 1. The van der Waals surface area contributed by atoms with E-state index in [1.54, 1.807) is 17.1 Å². The van der Waals surface area contributed by atoms with Crippen LogP contribution < -0.4 is 10.6 Å². The molecular formula is C21H33N7O. The Bertz CT molecular complexity index is 754. The summed E-state index contributed by atoms with van der Waals surface area (Å²) >= 11 is 0. The fourth-order valence-electron chi connectivity index (χ4n) is 3.50. The molecule has 3 heterocycles. The molecule has 158 valence electrons. The van der Waals surface area contributed by atoms with E-state index >= 15 is 0 Å². The number of guanidine groups is 1. The van der Waals surface area contributed by atoms with E-state index in [9.17, 15) is 0 Å². The second-order valence-electron chi connectivity index (χ2n) is 7.51. The molecule has 0 bridgehead atoms. The Kier molecular flexibility index (Phi) is 8.01. The lowest BCUT2D eigenvalue weighted by atomic mass is 10.0. The summed E-state index contributed by atoms with van der Waals surface area (Å²) in [4.78, 5) is 11.7. The minimum atomic E-state index is 0.454. The first-order chi connectivity index (χ1) is 14.2. The maximum Gasteiger partial charge on any atom is 0.191 e. The molecule has 1 atom stereocenters. The molecule has 29 heavy (non-hydrogen) atoms. The van der Waals surface area contributed by atoms with Crippen molar-refractivity contribution < 1.29 is 4.74 Å². The van der Waals surface area contributed by atoms with Crippen molar-refractivity contribution in [2.24, 2.45) is 10.9 Å². The van der Waals surface area contributed by atoms with Gasteiger partial charge in [0.15, 0.2) is 11.8 Å². The van der Waals surface area contributed by atoms with Gasteiger partial charge in [-0.3, -0.25) is 4.90 Å². The van der Waals surface area contributed by atoms with Gasteiger partial charge < -0.3 is 15.4 Å². The molecule has 1 aliphatic heterocycles. The third kappa shape index (κ3) is 6.27. The lowest BCUT2D eigenvalue weighted by molar-refractivity contribution is 0.00752. The van der Waals surface area contributed by atoms with Gasteiger partial charge in [-0.15, -0.1) is 0 Å². The van der Waals surface area contributed by atoms with Crippen LogP contribution in [0.5, 0.6) is 0 Å². The van der Waals surface area contributed by atoms with Gasteiger partial charge in [-0.25, -0.2) is 14.7 Å². The monoisotopic (exact) mass is 399 g/mol. The maximum absolute atomic E-state index is 5.51. The van der Waals surface area contributed by atoms with Crippen LogP contribution in [0.3, 0.4) is 0 Å². The molecule has 0 radical (unpaired) electrons. The van der Waals surface area contributed by atoms with Crippen molar-refractivity contribution in [3.63, 3.8) is 0 Å². The van der Waals surface area contributed by atoms with E-state index in [1.807, 2.05) is 24.4 Å². The van der Waals surface area contributed by atoms with Crippen molar-refractivity contribution in [2.45, 2.75) is 33.4 Å². The molecule has 2 aromatic rings. The Labute approximate surface area is 173 Å². The Hall–Kier alpha value is -2.45. The van der Waals surface area contributed by atoms with Crippen LogP contribution in [-0.2, 0) is 11.3 Å². The predicted molar refractivity (Wildman–Crippen MR) is 115 cm³/mol. The van der Waals surface area contributed by atoms with Crippen LogP contribution in [-0.4, -0.2) is 71.1 Å². The van der Waals surface area contributed by atoms with Crippen molar-refractivity contribution >= 4 is 5.96 Å². The van der Waals surface area contributed by atoms with Crippen LogP contribution >= 0.6 is 0 Å². The second-order valence-corrected chi connectivity index (χ2v) is 7.51. The molecular weight excluding hydrogens is 366 g/mol. The van der Waals surface area contributed by atoms with E-state index in [4.69, 9.17) is 9.73 Å². The zero-order chi connectivity index (χ0) is 20.5. The molecule has 1 unspecified atom stereocenters. The molecule has 0 aromatic carbocycles. The van der Waals surface area contributed by atoms with Gasteiger partial charge in [0.1, 0.15) is 0 Å². The third-order valence-electron chi connectivity index (χ3n) is 5.08. The Balaban J connectivity index is 1.62. The fraction of sp³-hybridized carbons (Fsp3) is 0.571. The molecule has 0 aliphatic carbocycles. The topological polar surface area (TPSA) is 79.6 Å². The van der Waals surface area contributed by atoms with Gasteiger partial charge >= 0.3 is 0 Å². The molecule has 2 N–H and O–H groups in total. The largest absolute Gasteiger partial charge is 0.379 e. The smallest absolute Gasteiger partial charge is 0.191 e. The van der Waals surface area contributed by atoms with E-state index in [1.165, 1.54) is 0 Å². The van der Waals surface area contributed by atoms with Crippen LogP contribution in [0.4, 0.5) is 0 Å². The van der Waals surface area contributed by atoms with Crippen molar-refractivity contribution in [1.82, 2.24) is 30.3 Å². The van der Waals surface area contributed by atoms with Crippen LogP contribution in [0.15, 0.2) is 41.8 Å². The Morgan fingerprint density at radius 2 is 2.07 bits per heavy atom. The zero-order valence-electron chi connectivity index (χ0n) is 17.7. The summed E-state index contributed by atoms with van der Waals surface area (Å²) in [5.74, 6) is 2.19. The zero-order valence-corrected chi connectivity index (χ0v) is 17.7. The molecule has 1 fully saturated rings. The van der Waals surface area contributed by atoms with Gasteiger partial charge in [0, 0.05) is 50.8 Å². The highest BCUT2D eigenvalue weighted by atomic mass is 16.5. The first-order valence-corrected chi connectivity index (χ1v) is 10.5. The summed E-state index contributed by atoms with van der Waals surface area (Å²) in [5.41, 5.74) is 1.09. The van der Waals surface area contributed by atoms with Crippen LogP contribution in [0.1, 0.15) is 26.3 Å². The van der Waals surface area contributed by atoms with Gasteiger partial charge in [0.25, 0.3) is 0 Å². The summed E-state index contributed by atoms with van der Waals surface area (Å²) in [6.07, 6.45) is 5.44. The van der Waals surface area contributed by atoms with Crippen molar-refractivity contribution in [2.75, 3.05) is 39.4 Å². The number of nitrogens with one attached hydrogen (secondary N) is 2. The Morgan fingerprint density at radius 1 is 1.24 bits per heavy atom. The summed E-state index contributed by atoms with van der Waals surface area (Å²) in [5, 5.41) is 11.1. The number of hydrogen-bond donors (Lipinski definition) is 2. The lowest BCUT2D eigenvalue weighted by Crippen LogP contribution is -2.52. The average molecular weight is 400 g/mol. The van der Waals surface area contributed by atoms with E-state index < -0.39 is 0 Å². The molecule has 0 spiro atoms. The standard InChI is InChI=1S/C21H33N7O/c1-4-22-21(25-16-19(17(2)3)27-10-12-29-13-11-27)24-15-18-6-8-23-20(14-18)28-9-5-7-26-28/h5-9,14,17,19H,4,10-13,15-16H2,1-3H3,(H2,22,24,25). The maximum atomic E-state index is 5.51. The van der Waals surface area contributed by atoms with E-state index in [0.717, 1.165) is 56.7 Å². The first-order valence-electron chi connectivity index (χ1n) is 10.5. The number of hydrogen-bond acceptors (Lipinski definition) is 5. The molecule has 0 amide bonds. The predicted octanol–water partition coefficient (Wildman–Crippen LogP) is 1.68. The summed E-state index contributed by atoms with van der Waals surface area (Å²) in [6.45, 7) is 12.5. The summed E-state index contributed by atoms with van der Waals surface area (Å²) < 4.78 is 7.26. The second kappa shape index (κ2) is 10.9. The Morgan fingerprint density at radius 3 is 2.76 bits per heavy atom. The molecule has 0 saturated carbocycles. The van der Waals surface area contributed by atoms with Crippen molar-refractivity contribution in [1.29, 1.82) is 0 Å². The SMILES string of the molecule is CCNC(=NCc1ccnc(-n2cccn2)c1)NCC(C(C)C)N1CCOCC1. The molecule has 1 saturated heterocycles. The number of aromatic nitrogens is 3. The highest BCUT2D eigenvalue weighted by Crippen LogP contribution is 2.12. The number of aliphatic imine (C=N–C) groups is 1. The van der Waals surface area contributed by atoms with E-state index in [0.29, 0.717) is 18.5 Å². The minimum absolute atomic E-state index is 0.454. The van der Waals surface area contributed by atoms with Gasteiger partial charge in [-0.2, -0.15) is 5.10 Å². The summed E-state index contributed by atoms with van der Waals surface area (Å²) in [6, 6.07) is 6.35. The minimum Gasteiger partial charge on any atom is -0.379 e. The number of morpholine rings is 1. The van der Waals surface area contributed by atoms with Crippen molar-refractivity contribution in [3.05, 3.63) is 42.4 Å². The fourth-order valence-corrected chi connectivity index (χ4v) is 3.50. The quantitative estimate of drug-likeness (QED) is 0.519. The number of rotatable bonds is 8. The summed E-state index contributed by atoms with van der Waals surface area (Å²) in [7, 11) is 0.